The Bertz CT molecular complexity index is 375. The van der Waals surface area contributed by atoms with Crippen LogP contribution in [0.3, 0.4) is 0 Å². The van der Waals surface area contributed by atoms with Crippen molar-refractivity contribution in [2.45, 2.75) is 39.0 Å². The highest BCUT2D eigenvalue weighted by Gasteiger charge is 2.22. The summed E-state index contributed by atoms with van der Waals surface area (Å²) in [5.41, 5.74) is 2.25. The van der Waals surface area contributed by atoms with Crippen molar-refractivity contribution in [2.24, 2.45) is 5.92 Å². The van der Waals surface area contributed by atoms with E-state index in [1.807, 2.05) is 6.07 Å². The zero-order chi connectivity index (χ0) is 13.0. The van der Waals surface area contributed by atoms with E-state index in [0.29, 0.717) is 5.92 Å². The van der Waals surface area contributed by atoms with E-state index in [2.05, 4.69) is 42.8 Å². The van der Waals surface area contributed by atoms with E-state index in [4.69, 9.17) is 16.3 Å². The van der Waals surface area contributed by atoms with E-state index >= 15 is 0 Å². The molecule has 0 fully saturated rings. The molecule has 0 radical (unpaired) electrons. The number of hydrogen-bond acceptors (Lipinski definition) is 1. The van der Waals surface area contributed by atoms with E-state index in [0.717, 1.165) is 28.6 Å². The zero-order valence-corrected chi connectivity index (χ0v) is 13.2. The molecule has 0 aliphatic heterocycles. The molecule has 0 bridgehead atoms. The third-order valence-electron chi connectivity index (χ3n) is 3.27. The van der Waals surface area contributed by atoms with Crippen LogP contribution in [0.25, 0.3) is 0 Å². The van der Waals surface area contributed by atoms with Crippen LogP contribution in [0.4, 0.5) is 0 Å². The van der Waals surface area contributed by atoms with E-state index in [-0.39, 0.29) is 5.38 Å². The Balaban J connectivity index is 3.15. The molecule has 1 rings (SSSR count). The van der Waals surface area contributed by atoms with Crippen LogP contribution in [0.1, 0.15) is 43.2 Å². The fourth-order valence-corrected chi connectivity index (χ4v) is 2.91. The Kier molecular flexibility index (Phi) is 5.81. The van der Waals surface area contributed by atoms with Crippen LogP contribution < -0.4 is 4.74 Å². The first kappa shape index (κ1) is 14.8. The predicted octanol–water partition coefficient (Wildman–Crippen LogP) is 5.48. The van der Waals surface area contributed by atoms with Gasteiger partial charge < -0.3 is 4.74 Å². The molecule has 0 aliphatic rings. The molecule has 0 aromatic heterocycles. The Labute approximate surface area is 118 Å². The van der Waals surface area contributed by atoms with Crippen LogP contribution in [-0.2, 0) is 0 Å². The highest BCUT2D eigenvalue weighted by Crippen LogP contribution is 2.40. The number of halogens is 2. The summed E-state index contributed by atoms with van der Waals surface area (Å²) in [4.78, 5) is 0. The van der Waals surface area contributed by atoms with Crippen molar-refractivity contribution in [1.29, 1.82) is 0 Å². The molecule has 0 saturated heterocycles. The molecule has 0 N–H and O–H groups in total. The SMILES string of the molecule is CCC(CC)C(Cl)c1cc(Br)c(C)cc1OC. The number of ether oxygens (including phenoxy) is 1. The van der Waals surface area contributed by atoms with Crippen LogP contribution in [0.15, 0.2) is 16.6 Å². The Hall–Kier alpha value is -0.210. The van der Waals surface area contributed by atoms with Crippen LogP contribution in [0.5, 0.6) is 5.75 Å². The third kappa shape index (κ3) is 3.38. The van der Waals surface area contributed by atoms with Crippen LogP contribution >= 0.6 is 27.5 Å². The van der Waals surface area contributed by atoms with Crippen molar-refractivity contribution < 1.29 is 4.74 Å². The lowest BCUT2D eigenvalue weighted by atomic mass is 9.93. The number of benzene rings is 1. The maximum atomic E-state index is 6.58. The minimum Gasteiger partial charge on any atom is -0.496 e. The Morgan fingerprint density at radius 2 is 1.88 bits per heavy atom. The molecule has 1 aromatic carbocycles. The van der Waals surface area contributed by atoms with Crippen LogP contribution in [-0.4, -0.2) is 7.11 Å². The van der Waals surface area contributed by atoms with Crippen molar-refractivity contribution in [3.63, 3.8) is 0 Å². The van der Waals surface area contributed by atoms with Gasteiger partial charge in [-0.1, -0.05) is 42.6 Å². The van der Waals surface area contributed by atoms with Gasteiger partial charge in [-0.2, -0.15) is 0 Å². The lowest BCUT2D eigenvalue weighted by molar-refractivity contribution is 0.397. The number of methoxy groups -OCH3 is 1. The molecule has 0 aliphatic carbocycles. The van der Waals surface area contributed by atoms with Crippen LogP contribution in [0.2, 0.25) is 0 Å². The number of rotatable bonds is 5. The molecule has 0 amide bonds. The minimum atomic E-state index is 0.0110. The van der Waals surface area contributed by atoms with Gasteiger partial charge in [-0.15, -0.1) is 11.6 Å². The van der Waals surface area contributed by atoms with Gasteiger partial charge in [0.25, 0.3) is 0 Å². The van der Waals surface area contributed by atoms with Gasteiger partial charge in [0.15, 0.2) is 0 Å². The maximum absolute atomic E-state index is 6.58. The van der Waals surface area contributed by atoms with Crippen LogP contribution in [0, 0.1) is 12.8 Å². The quantitative estimate of drug-likeness (QED) is 0.653. The normalized spacial score (nSPS) is 12.9. The maximum Gasteiger partial charge on any atom is 0.123 e. The molecule has 0 saturated carbocycles. The van der Waals surface area contributed by atoms with E-state index in [1.54, 1.807) is 7.11 Å². The summed E-state index contributed by atoms with van der Waals surface area (Å²) in [6.45, 7) is 6.41. The smallest absolute Gasteiger partial charge is 0.123 e. The summed E-state index contributed by atoms with van der Waals surface area (Å²) >= 11 is 10.1. The van der Waals surface area contributed by atoms with Gasteiger partial charge in [0.2, 0.25) is 0 Å². The summed E-state index contributed by atoms with van der Waals surface area (Å²) in [5.74, 6) is 1.37. The van der Waals surface area contributed by atoms with Gasteiger partial charge in [0.1, 0.15) is 5.75 Å². The molecule has 1 atom stereocenters. The van der Waals surface area contributed by atoms with Gasteiger partial charge in [-0.05, 0) is 30.5 Å². The van der Waals surface area contributed by atoms with Crippen molar-refractivity contribution in [1.82, 2.24) is 0 Å². The zero-order valence-electron chi connectivity index (χ0n) is 10.9. The van der Waals surface area contributed by atoms with Gasteiger partial charge >= 0.3 is 0 Å². The van der Waals surface area contributed by atoms with Crippen molar-refractivity contribution in [3.8, 4) is 5.75 Å². The Morgan fingerprint density at radius 1 is 1.29 bits per heavy atom. The van der Waals surface area contributed by atoms with E-state index in [1.165, 1.54) is 5.56 Å². The van der Waals surface area contributed by atoms with Crippen molar-refractivity contribution in [3.05, 3.63) is 27.7 Å². The average Bonchev–Trinajstić information content (AvgIpc) is 2.33. The molecule has 1 nitrogen and oxygen atoms in total. The molecule has 1 aromatic rings. The second kappa shape index (κ2) is 6.65. The molecule has 17 heavy (non-hydrogen) atoms. The molecule has 96 valence electrons. The lowest BCUT2D eigenvalue weighted by Crippen LogP contribution is -2.07. The monoisotopic (exact) mass is 318 g/mol. The Morgan fingerprint density at radius 3 is 2.35 bits per heavy atom. The second-order valence-electron chi connectivity index (χ2n) is 4.32. The second-order valence-corrected chi connectivity index (χ2v) is 5.65. The topological polar surface area (TPSA) is 9.23 Å². The molecule has 1 unspecified atom stereocenters. The standard InChI is InChI=1S/C14H20BrClO/c1-5-10(6-2)14(16)11-8-12(15)9(3)7-13(11)17-4/h7-8,10,14H,5-6H2,1-4H3. The first-order chi connectivity index (χ1) is 8.04. The molecule has 3 heteroatoms. The highest BCUT2D eigenvalue weighted by molar-refractivity contribution is 9.10. The highest BCUT2D eigenvalue weighted by atomic mass is 79.9. The summed E-state index contributed by atoms with van der Waals surface area (Å²) in [7, 11) is 1.70. The predicted molar refractivity (Wildman–Crippen MR) is 78.1 cm³/mol. The third-order valence-corrected chi connectivity index (χ3v) is 4.72. The number of aryl methyl sites for hydroxylation is 1. The van der Waals surface area contributed by atoms with Crippen molar-refractivity contribution in [2.75, 3.05) is 7.11 Å². The summed E-state index contributed by atoms with van der Waals surface area (Å²) in [6.07, 6.45) is 2.17. The average molecular weight is 320 g/mol. The largest absolute Gasteiger partial charge is 0.496 e. The summed E-state index contributed by atoms with van der Waals surface area (Å²) in [6, 6.07) is 4.13. The minimum absolute atomic E-state index is 0.0110. The van der Waals surface area contributed by atoms with Gasteiger partial charge in [0, 0.05) is 10.0 Å². The van der Waals surface area contributed by atoms with Gasteiger partial charge in [0.05, 0.1) is 12.5 Å². The molecule has 0 spiro atoms. The molecular weight excluding hydrogens is 300 g/mol. The molecular formula is C14H20BrClO. The fraction of sp³-hybridized carbons (Fsp3) is 0.571. The number of hydrogen-bond donors (Lipinski definition) is 0. The van der Waals surface area contributed by atoms with Crippen molar-refractivity contribution >= 4 is 27.5 Å². The van der Waals surface area contributed by atoms with E-state index < -0.39 is 0 Å². The summed E-state index contributed by atoms with van der Waals surface area (Å²) in [5, 5.41) is 0.0110. The lowest BCUT2D eigenvalue weighted by Gasteiger charge is -2.22. The first-order valence-corrected chi connectivity index (χ1v) is 7.26. The fourth-order valence-electron chi connectivity index (χ4n) is 2.02. The first-order valence-electron chi connectivity index (χ1n) is 6.03. The van der Waals surface area contributed by atoms with Gasteiger partial charge in [-0.25, -0.2) is 0 Å². The molecule has 0 heterocycles. The summed E-state index contributed by atoms with van der Waals surface area (Å²) < 4.78 is 6.52. The van der Waals surface area contributed by atoms with Gasteiger partial charge in [-0.3, -0.25) is 0 Å². The number of alkyl halides is 1. The van der Waals surface area contributed by atoms with E-state index in [9.17, 15) is 0 Å².